The summed E-state index contributed by atoms with van der Waals surface area (Å²) in [6, 6.07) is 2.81. The van der Waals surface area contributed by atoms with Crippen molar-refractivity contribution in [2.45, 2.75) is 12.6 Å². The van der Waals surface area contributed by atoms with Crippen molar-refractivity contribution in [2.24, 2.45) is 5.73 Å². The maximum absolute atomic E-state index is 12.6. The van der Waals surface area contributed by atoms with Crippen molar-refractivity contribution < 1.29 is 18.1 Å². The van der Waals surface area contributed by atoms with E-state index in [1.165, 1.54) is 6.07 Å². The van der Waals surface area contributed by atoms with E-state index in [4.69, 9.17) is 5.73 Å². The van der Waals surface area contributed by atoms with Crippen LogP contribution in [0.1, 0.15) is 12.0 Å². The van der Waals surface area contributed by atoms with Gasteiger partial charge in [-0.25, -0.2) is 0 Å². The standard InChI is InChI=1S/C10H12F3N3O2/c11-10(12,13)8-6-7(15-5-1-4-14)2-3-9(8)16(17)18/h2-3,6,15H,1,4-5,14H2. The SMILES string of the molecule is NCCCNc1ccc([N+](=O)[O-])c(C(F)(F)F)c1. The van der Waals surface area contributed by atoms with Crippen LogP contribution in [0, 0.1) is 10.1 Å². The molecule has 3 N–H and O–H groups in total. The molecule has 0 amide bonds. The van der Waals surface area contributed by atoms with Gasteiger partial charge in [0.15, 0.2) is 0 Å². The zero-order chi connectivity index (χ0) is 13.8. The van der Waals surface area contributed by atoms with Crippen molar-refractivity contribution in [1.82, 2.24) is 0 Å². The number of halogens is 3. The number of nitro groups is 1. The Morgan fingerprint density at radius 3 is 2.56 bits per heavy atom. The van der Waals surface area contributed by atoms with Crippen LogP contribution in [0.5, 0.6) is 0 Å². The zero-order valence-corrected chi connectivity index (χ0v) is 9.33. The van der Waals surface area contributed by atoms with Crippen molar-refractivity contribution >= 4 is 11.4 Å². The van der Waals surface area contributed by atoms with Crippen LogP contribution in [0.15, 0.2) is 18.2 Å². The fraction of sp³-hybridized carbons (Fsp3) is 0.400. The molecule has 8 heteroatoms. The Bertz CT molecular complexity index is 435. The summed E-state index contributed by atoms with van der Waals surface area (Å²) in [6.45, 7) is 0.817. The molecule has 0 aliphatic heterocycles. The highest BCUT2D eigenvalue weighted by molar-refractivity contribution is 5.55. The van der Waals surface area contributed by atoms with Crippen LogP contribution in [0.3, 0.4) is 0 Å². The smallest absolute Gasteiger partial charge is 0.385 e. The second kappa shape index (κ2) is 5.67. The molecule has 0 bridgehead atoms. The number of anilines is 1. The molecule has 5 nitrogen and oxygen atoms in total. The van der Waals surface area contributed by atoms with E-state index in [9.17, 15) is 23.3 Å². The van der Waals surface area contributed by atoms with Crippen molar-refractivity contribution in [3.8, 4) is 0 Å². The van der Waals surface area contributed by atoms with E-state index in [1.54, 1.807) is 0 Å². The summed E-state index contributed by atoms with van der Waals surface area (Å²) in [5, 5.41) is 13.2. The molecule has 0 saturated carbocycles. The van der Waals surface area contributed by atoms with E-state index >= 15 is 0 Å². The van der Waals surface area contributed by atoms with Crippen molar-refractivity contribution in [2.75, 3.05) is 18.4 Å². The molecule has 1 aromatic rings. The summed E-state index contributed by atoms with van der Waals surface area (Å²) in [4.78, 5) is 9.46. The molecule has 0 saturated heterocycles. The van der Waals surface area contributed by atoms with Crippen LogP contribution in [-0.4, -0.2) is 18.0 Å². The molecule has 0 unspecified atom stereocenters. The summed E-state index contributed by atoms with van der Waals surface area (Å²) >= 11 is 0. The maximum Gasteiger partial charge on any atom is 0.423 e. The molecule has 0 fully saturated rings. The van der Waals surface area contributed by atoms with Gasteiger partial charge in [0, 0.05) is 18.3 Å². The minimum atomic E-state index is -4.76. The quantitative estimate of drug-likeness (QED) is 0.485. The van der Waals surface area contributed by atoms with Crippen molar-refractivity contribution in [3.05, 3.63) is 33.9 Å². The Hall–Kier alpha value is -1.83. The van der Waals surface area contributed by atoms with Crippen LogP contribution in [-0.2, 0) is 6.18 Å². The third-order valence-electron chi connectivity index (χ3n) is 2.21. The highest BCUT2D eigenvalue weighted by Crippen LogP contribution is 2.37. The van der Waals surface area contributed by atoms with Gasteiger partial charge in [-0.1, -0.05) is 0 Å². The number of hydrogen-bond acceptors (Lipinski definition) is 4. The van der Waals surface area contributed by atoms with E-state index in [0.717, 1.165) is 12.1 Å². The average Bonchev–Trinajstić information content (AvgIpc) is 2.28. The van der Waals surface area contributed by atoms with Gasteiger partial charge in [0.05, 0.1) is 4.92 Å². The molecule has 0 atom stereocenters. The predicted molar refractivity (Wildman–Crippen MR) is 60.3 cm³/mol. The van der Waals surface area contributed by atoms with E-state index in [2.05, 4.69) is 5.32 Å². The average molecular weight is 263 g/mol. The molecule has 18 heavy (non-hydrogen) atoms. The number of nitrogens with one attached hydrogen (secondary N) is 1. The Labute approximate surface area is 101 Å². The second-order valence-corrected chi connectivity index (χ2v) is 3.56. The van der Waals surface area contributed by atoms with Crippen LogP contribution in [0.2, 0.25) is 0 Å². The largest absolute Gasteiger partial charge is 0.423 e. The lowest BCUT2D eigenvalue weighted by molar-refractivity contribution is -0.388. The van der Waals surface area contributed by atoms with Gasteiger partial charge >= 0.3 is 6.18 Å². The summed E-state index contributed by atoms with van der Waals surface area (Å²) in [5.41, 5.74) is 3.22. The monoisotopic (exact) mass is 263 g/mol. The molecule has 0 aliphatic carbocycles. The first-order valence-electron chi connectivity index (χ1n) is 5.16. The number of nitrogens with two attached hydrogens (primary N) is 1. The van der Waals surface area contributed by atoms with Gasteiger partial charge in [0.1, 0.15) is 5.56 Å². The molecule has 1 rings (SSSR count). The van der Waals surface area contributed by atoms with Gasteiger partial charge in [0.2, 0.25) is 0 Å². The third kappa shape index (κ3) is 3.59. The minimum Gasteiger partial charge on any atom is -0.385 e. The highest BCUT2D eigenvalue weighted by atomic mass is 19.4. The Morgan fingerprint density at radius 2 is 2.06 bits per heavy atom. The number of nitro benzene ring substituents is 1. The molecule has 0 radical (unpaired) electrons. The number of benzene rings is 1. The van der Waals surface area contributed by atoms with Gasteiger partial charge in [-0.05, 0) is 25.1 Å². The molecule has 0 heterocycles. The first kappa shape index (κ1) is 14.2. The molecule has 0 aliphatic rings. The van der Waals surface area contributed by atoms with E-state index in [-0.39, 0.29) is 5.69 Å². The van der Waals surface area contributed by atoms with Crippen molar-refractivity contribution in [3.63, 3.8) is 0 Å². The predicted octanol–water partition coefficient (Wildman–Crippen LogP) is 2.37. The van der Waals surface area contributed by atoms with Gasteiger partial charge < -0.3 is 11.1 Å². The van der Waals surface area contributed by atoms with Crippen LogP contribution in [0.25, 0.3) is 0 Å². The number of nitrogens with zero attached hydrogens (tertiary/aromatic N) is 1. The number of alkyl halides is 3. The highest BCUT2D eigenvalue weighted by Gasteiger charge is 2.38. The first-order valence-corrected chi connectivity index (χ1v) is 5.16. The summed E-state index contributed by atoms with van der Waals surface area (Å²) < 4.78 is 37.9. The molecule has 0 spiro atoms. The fourth-order valence-electron chi connectivity index (χ4n) is 1.37. The topological polar surface area (TPSA) is 81.2 Å². The fourth-order valence-corrected chi connectivity index (χ4v) is 1.37. The Morgan fingerprint density at radius 1 is 1.39 bits per heavy atom. The lowest BCUT2D eigenvalue weighted by atomic mass is 10.1. The summed E-state index contributed by atoms with van der Waals surface area (Å²) in [6.07, 6.45) is -4.16. The normalized spacial score (nSPS) is 11.3. The van der Waals surface area contributed by atoms with Crippen LogP contribution >= 0.6 is 0 Å². The van der Waals surface area contributed by atoms with Crippen LogP contribution < -0.4 is 11.1 Å². The minimum absolute atomic E-state index is 0.182. The van der Waals surface area contributed by atoms with E-state index in [0.29, 0.717) is 19.5 Å². The van der Waals surface area contributed by atoms with Gasteiger partial charge in [0.25, 0.3) is 5.69 Å². The van der Waals surface area contributed by atoms with Gasteiger partial charge in [-0.2, -0.15) is 13.2 Å². The maximum atomic E-state index is 12.6. The van der Waals surface area contributed by atoms with Gasteiger partial charge in [-0.15, -0.1) is 0 Å². The molecule has 100 valence electrons. The lowest BCUT2D eigenvalue weighted by Gasteiger charge is -2.10. The summed E-state index contributed by atoms with van der Waals surface area (Å²) in [5.74, 6) is 0. The number of hydrogen-bond donors (Lipinski definition) is 2. The molecule has 1 aromatic carbocycles. The second-order valence-electron chi connectivity index (χ2n) is 3.56. The van der Waals surface area contributed by atoms with Crippen LogP contribution in [0.4, 0.5) is 24.5 Å². The third-order valence-corrected chi connectivity index (χ3v) is 2.21. The van der Waals surface area contributed by atoms with Crippen molar-refractivity contribution in [1.29, 1.82) is 0 Å². The Kier molecular flexibility index (Phi) is 4.49. The molecular weight excluding hydrogens is 251 g/mol. The van der Waals surface area contributed by atoms with Gasteiger partial charge in [-0.3, -0.25) is 10.1 Å². The Balaban J connectivity index is 3.02. The zero-order valence-electron chi connectivity index (χ0n) is 9.33. The molecular formula is C10H12F3N3O2. The molecule has 0 aromatic heterocycles. The summed E-state index contributed by atoms with van der Waals surface area (Å²) in [7, 11) is 0. The lowest BCUT2D eigenvalue weighted by Crippen LogP contribution is -2.12. The van der Waals surface area contributed by atoms with E-state index in [1.807, 2.05) is 0 Å². The number of rotatable bonds is 5. The van der Waals surface area contributed by atoms with E-state index < -0.39 is 22.4 Å². The first-order chi connectivity index (χ1) is 8.36.